The number of aromatic nitrogens is 4. The third-order valence-corrected chi connectivity index (χ3v) is 6.13. The van der Waals surface area contributed by atoms with Gasteiger partial charge in [-0.05, 0) is 25.0 Å². The molecule has 0 fully saturated rings. The van der Waals surface area contributed by atoms with Gasteiger partial charge in [0.25, 0.3) is 0 Å². The molecule has 0 spiro atoms. The normalized spacial score (nSPS) is 20.0. The second kappa shape index (κ2) is 6.25. The zero-order chi connectivity index (χ0) is 17.7. The van der Waals surface area contributed by atoms with Gasteiger partial charge in [0.15, 0.2) is 0 Å². The van der Waals surface area contributed by atoms with Crippen LogP contribution in [0.15, 0.2) is 30.6 Å². The van der Waals surface area contributed by atoms with Crippen LogP contribution in [0.5, 0.6) is 0 Å². The van der Waals surface area contributed by atoms with Gasteiger partial charge in [-0.1, -0.05) is 23.7 Å². The van der Waals surface area contributed by atoms with Crippen molar-refractivity contribution in [3.63, 3.8) is 0 Å². The Balaban J connectivity index is 1.37. The Hall–Kier alpha value is -2.11. The van der Waals surface area contributed by atoms with Crippen molar-refractivity contribution >= 4 is 11.6 Å². The highest BCUT2D eigenvalue weighted by Crippen LogP contribution is 2.30. The van der Waals surface area contributed by atoms with Crippen LogP contribution in [0, 0.1) is 0 Å². The molecule has 1 N–H and O–H groups in total. The number of nitrogens with one attached hydrogen (secondary N) is 1. The predicted octanol–water partition coefficient (Wildman–Crippen LogP) is 3.38. The number of imidazole rings is 2. The fourth-order valence-electron chi connectivity index (χ4n) is 4.34. The van der Waals surface area contributed by atoms with E-state index in [0.717, 1.165) is 48.8 Å². The van der Waals surface area contributed by atoms with Crippen LogP contribution < -0.4 is 0 Å². The minimum absolute atomic E-state index is 0.567. The van der Waals surface area contributed by atoms with E-state index in [9.17, 15) is 0 Å². The first-order valence-corrected chi connectivity index (χ1v) is 9.62. The number of H-pyrrole nitrogens is 1. The van der Waals surface area contributed by atoms with Crippen molar-refractivity contribution in [1.29, 1.82) is 0 Å². The van der Waals surface area contributed by atoms with Crippen LogP contribution in [0.4, 0.5) is 0 Å². The van der Waals surface area contributed by atoms with E-state index in [-0.39, 0.29) is 0 Å². The van der Waals surface area contributed by atoms with Gasteiger partial charge in [0.05, 0.1) is 28.4 Å². The molecule has 2 aromatic heterocycles. The van der Waals surface area contributed by atoms with Crippen molar-refractivity contribution < 1.29 is 0 Å². The van der Waals surface area contributed by atoms with Crippen LogP contribution >= 0.6 is 11.6 Å². The summed E-state index contributed by atoms with van der Waals surface area (Å²) in [5.74, 6) is 0.887. The predicted molar refractivity (Wildman–Crippen MR) is 102 cm³/mol. The van der Waals surface area contributed by atoms with Crippen LogP contribution in [0.25, 0.3) is 11.4 Å². The van der Waals surface area contributed by atoms with Gasteiger partial charge in [-0.2, -0.15) is 0 Å². The molecule has 0 radical (unpaired) electrons. The first-order valence-electron chi connectivity index (χ1n) is 9.25. The summed E-state index contributed by atoms with van der Waals surface area (Å²) in [5.41, 5.74) is 6.08. The van der Waals surface area contributed by atoms with Crippen LogP contribution in [0.1, 0.15) is 29.2 Å². The van der Waals surface area contributed by atoms with E-state index in [2.05, 4.69) is 26.5 Å². The molecular formula is C20H22ClN5. The minimum atomic E-state index is 0.567. The first kappa shape index (κ1) is 16.1. The monoisotopic (exact) mass is 367 g/mol. The van der Waals surface area contributed by atoms with E-state index in [0.29, 0.717) is 6.04 Å². The molecule has 1 atom stereocenters. The third-order valence-electron chi connectivity index (χ3n) is 5.80. The number of rotatable bonds is 2. The summed E-state index contributed by atoms with van der Waals surface area (Å²) in [5, 5.41) is 0.741. The maximum Gasteiger partial charge on any atom is 0.139 e. The number of hydrogen-bond acceptors (Lipinski definition) is 3. The minimum Gasteiger partial charge on any atom is -0.340 e. The fraction of sp³-hybridized carbons (Fsp3) is 0.400. The lowest BCUT2D eigenvalue weighted by Crippen LogP contribution is -2.42. The van der Waals surface area contributed by atoms with E-state index >= 15 is 0 Å². The smallest absolute Gasteiger partial charge is 0.139 e. The number of benzene rings is 1. The molecule has 0 bridgehead atoms. The zero-order valence-electron chi connectivity index (χ0n) is 14.9. The van der Waals surface area contributed by atoms with Gasteiger partial charge in [-0.25, -0.2) is 9.97 Å². The van der Waals surface area contributed by atoms with Gasteiger partial charge in [0.2, 0.25) is 0 Å². The molecule has 6 heteroatoms. The lowest BCUT2D eigenvalue weighted by Gasteiger charge is -2.36. The quantitative estimate of drug-likeness (QED) is 0.755. The number of hydrogen-bond donors (Lipinski definition) is 1. The Morgan fingerprint density at radius 1 is 1.19 bits per heavy atom. The average Bonchev–Trinajstić information content (AvgIpc) is 3.25. The summed E-state index contributed by atoms with van der Waals surface area (Å²) < 4.78 is 2.17. The molecule has 3 heterocycles. The molecule has 3 aromatic rings. The van der Waals surface area contributed by atoms with Gasteiger partial charge in [-0.3, -0.25) is 4.90 Å². The van der Waals surface area contributed by atoms with Crippen molar-refractivity contribution in [1.82, 2.24) is 24.4 Å². The summed E-state index contributed by atoms with van der Waals surface area (Å²) in [6.07, 6.45) is 6.31. The van der Waals surface area contributed by atoms with Crippen molar-refractivity contribution in [3.8, 4) is 11.4 Å². The summed E-state index contributed by atoms with van der Waals surface area (Å²) in [6.45, 7) is 1.99. The number of halogens is 1. The third kappa shape index (κ3) is 2.66. The van der Waals surface area contributed by atoms with E-state index < -0.39 is 0 Å². The van der Waals surface area contributed by atoms with Crippen LogP contribution in [0.2, 0.25) is 5.02 Å². The summed E-state index contributed by atoms with van der Waals surface area (Å²) in [6, 6.07) is 8.45. The number of aryl methyl sites for hydroxylation is 1. The molecule has 0 saturated heterocycles. The summed E-state index contributed by atoms with van der Waals surface area (Å²) in [7, 11) is 2.10. The molecule has 1 aliphatic carbocycles. The highest BCUT2D eigenvalue weighted by molar-refractivity contribution is 6.33. The van der Waals surface area contributed by atoms with E-state index in [4.69, 9.17) is 16.6 Å². The lowest BCUT2D eigenvalue weighted by molar-refractivity contribution is 0.159. The number of aromatic amines is 1. The number of fused-ring (bicyclic) bond motifs is 2. The first-order chi connectivity index (χ1) is 12.7. The molecule has 0 amide bonds. The van der Waals surface area contributed by atoms with Gasteiger partial charge < -0.3 is 9.55 Å². The molecule has 26 heavy (non-hydrogen) atoms. The zero-order valence-corrected chi connectivity index (χ0v) is 15.6. The van der Waals surface area contributed by atoms with Gasteiger partial charge >= 0.3 is 0 Å². The van der Waals surface area contributed by atoms with E-state index in [1.807, 2.05) is 30.6 Å². The van der Waals surface area contributed by atoms with Gasteiger partial charge in [0.1, 0.15) is 5.82 Å². The maximum atomic E-state index is 6.34. The molecule has 1 aromatic carbocycles. The molecule has 1 unspecified atom stereocenters. The highest BCUT2D eigenvalue weighted by atomic mass is 35.5. The largest absolute Gasteiger partial charge is 0.340 e. The fourth-order valence-corrected chi connectivity index (χ4v) is 4.57. The Labute approximate surface area is 158 Å². The molecular weight excluding hydrogens is 346 g/mol. The Morgan fingerprint density at radius 2 is 2.08 bits per heavy atom. The Bertz CT molecular complexity index is 957. The average molecular weight is 368 g/mol. The van der Waals surface area contributed by atoms with Crippen molar-refractivity contribution in [2.45, 2.75) is 38.3 Å². The van der Waals surface area contributed by atoms with Crippen molar-refractivity contribution in [3.05, 3.63) is 58.4 Å². The molecule has 5 rings (SSSR count). The van der Waals surface area contributed by atoms with Crippen LogP contribution in [-0.4, -0.2) is 37.0 Å². The molecule has 2 aliphatic rings. The van der Waals surface area contributed by atoms with Crippen molar-refractivity contribution in [2.24, 2.45) is 7.05 Å². The van der Waals surface area contributed by atoms with E-state index in [1.54, 1.807) is 0 Å². The maximum absolute atomic E-state index is 6.34. The second-order valence-corrected chi connectivity index (χ2v) is 7.76. The number of nitrogens with zero attached hydrogens (tertiary/aromatic N) is 4. The van der Waals surface area contributed by atoms with Crippen molar-refractivity contribution in [2.75, 3.05) is 6.54 Å². The molecule has 134 valence electrons. The standard InChI is InChI=1S/C20H22ClN5/c1-25-12-22-17-10-13(6-7-19(17)25)26-9-8-16-18(11-26)24-20(23-16)14-4-2-3-5-15(14)21/h2-5,12-13H,6-11H2,1H3,(H,23,24). The molecule has 5 nitrogen and oxygen atoms in total. The summed E-state index contributed by atoms with van der Waals surface area (Å²) in [4.78, 5) is 15.5. The molecule has 0 saturated carbocycles. The SMILES string of the molecule is Cn1cnc2c1CCC(N1CCc3nc(-c4ccccc4Cl)[nH]c3C1)C2. The lowest BCUT2D eigenvalue weighted by atomic mass is 9.93. The topological polar surface area (TPSA) is 49.7 Å². The second-order valence-electron chi connectivity index (χ2n) is 7.36. The molecule has 1 aliphatic heterocycles. The Kier molecular flexibility index (Phi) is 3.87. The van der Waals surface area contributed by atoms with E-state index in [1.165, 1.54) is 29.2 Å². The van der Waals surface area contributed by atoms with Crippen LogP contribution in [-0.2, 0) is 32.9 Å². The van der Waals surface area contributed by atoms with Gasteiger partial charge in [-0.15, -0.1) is 0 Å². The highest BCUT2D eigenvalue weighted by Gasteiger charge is 2.30. The van der Waals surface area contributed by atoms with Gasteiger partial charge in [0, 0.05) is 50.3 Å². The van der Waals surface area contributed by atoms with Crippen LogP contribution in [0.3, 0.4) is 0 Å². The summed E-state index contributed by atoms with van der Waals surface area (Å²) >= 11 is 6.34. The Morgan fingerprint density at radius 3 is 2.96 bits per heavy atom.